The molecule has 0 unspecified atom stereocenters. The van der Waals surface area contributed by atoms with Crippen LogP contribution in [0.15, 0.2) is 78.9 Å². The van der Waals surface area contributed by atoms with E-state index >= 15 is 0 Å². The van der Waals surface area contributed by atoms with E-state index in [4.69, 9.17) is 14.2 Å². The highest BCUT2D eigenvalue weighted by Crippen LogP contribution is 2.26. The van der Waals surface area contributed by atoms with Gasteiger partial charge in [-0.25, -0.2) is 4.79 Å². The average Bonchev–Trinajstić information content (AvgIpc) is 3.31. The van der Waals surface area contributed by atoms with E-state index < -0.39 is 0 Å². The molecule has 36 heavy (non-hydrogen) atoms. The van der Waals surface area contributed by atoms with Crippen molar-refractivity contribution in [3.63, 3.8) is 0 Å². The number of carbonyl (C=O) groups is 1. The molecule has 2 atom stereocenters. The van der Waals surface area contributed by atoms with Gasteiger partial charge in [0.2, 0.25) is 0 Å². The number of para-hydroxylation sites is 1. The fraction of sp³-hybridized carbons (Fsp3) is 0.367. The van der Waals surface area contributed by atoms with Crippen LogP contribution in [0, 0.1) is 0 Å². The first-order valence-corrected chi connectivity index (χ1v) is 12.7. The number of ether oxygens (including phenoxy) is 3. The topological polar surface area (TPSA) is 68.2 Å². The number of likely N-dealkylation sites (tertiary alicyclic amines) is 1. The molecule has 3 aromatic carbocycles. The van der Waals surface area contributed by atoms with Crippen LogP contribution in [0.4, 0.5) is 4.79 Å². The van der Waals surface area contributed by atoms with Crippen molar-refractivity contribution in [1.29, 1.82) is 0 Å². The van der Waals surface area contributed by atoms with E-state index in [2.05, 4.69) is 6.07 Å². The fourth-order valence-corrected chi connectivity index (χ4v) is 4.63. The third-order valence-electron chi connectivity index (χ3n) is 6.48. The molecule has 0 aromatic heterocycles. The highest BCUT2D eigenvalue weighted by atomic mass is 16.6. The Morgan fingerprint density at radius 2 is 1.75 bits per heavy atom. The van der Waals surface area contributed by atoms with Gasteiger partial charge in [0.15, 0.2) is 0 Å². The molecule has 6 heteroatoms. The Morgan fingerprint density at radius 1 is 0.972 bits per heavy atom. The molecule has 1 fully saturated rings. The summed E-state index contributed by atoms with van der Waals surface area (Å²) in [5, 5.41) is 9.72. The van der Waals surface area contributed by atoms with E-state index in [1.807, 2.05) is 67.6 Å². The highest BCUT2D eigenvalue weighted by Gasteiger charge is 2.36. The second-order valence-corrected chi connectivity index (χ2v) is 9.07. The van der Waals surface area contributed by atoms with Crippen molar-refractivity contribution < 1.29 is 24.1 Å². The van der Waals surface area contributed by atoms with Crippen LogP contribution in [0.1, 0.15) is 36.5 Å². The largest absolute Gasteiger partial charge is 0.508 e. The van der Waals surface area contributed by atoms with Gasteiger partial charge < -0.3 is 24.2 Å². The number of hydrogen-bond acceptors (Lipinski definition) is 5. The van der Waals surface area contributed by atoms with Crippen molar-refractivity contribution in [2.45, 2.75) is 51.4 Å². The van der Waals surface area contributed by atoms with Crippen molar-refractivity contribution in [3.05, 3.63) is 95.6 Å². The molecule has 0 bridgehead atoms. The number of hydrogen-bond donors (Lipinski definition) is 1. The molecule has 6 nitrogen and oxygen atoms in total. The third-order valence-corrected chi connectivity index (χ3v) is 6.48. The van der Waals surface area contributed by atoms with Gasteiger partial charge in [0, 0.05) is 12.5 Å². The maximum Gasteiger partial charge on any atom is 0.410 e. The van der Waals surface area contributed by atoms with Gasteiger partial charge in [-0.15, -0.1) is 0 Å². The SMILES string of the molecule is CCOC(=O)N1C[C@H](OCc2ccccc2)C[C@H]1CCOc1ccccc1CCc1cccc(O)c1. The van der Waals surface area contributed by atoms with Crippen molar-refractivity contribution in [1.82, 2.24) is 4.90 Å². The predicted octanol–water partition coefficient (Wildman–Crippen LogP) is 5.76. The molecule has 1 amide bonds. The van der Waals surface area contributed by atoms with Gasteiger partial charge in [0.1, 0.15) is 11.5 Å². The van der Waals surface area contributed by atoms with Gasteiger partial charge >= 0.3 is 6.09 Å². The van der Waals surface area contributed by atoms with Crippen LogP contribution in [-0.4, -0.2) is 48.0 Å². The summed E-state index contributed by atoms with van der Waals surface area (Å²) in [5.74, 6) is 1.14. The molecule has 1 N–H and O–H groups in total. The number of nitrogens with zero attached hydrogens (tertiary/aromatic N) is 1. The molecule has 190 valence electrons. The summed E-state index contributed by atoms with van der Waals surface area (Å²) in [5.41, 5.74) is 3.33. The number of aryl methyl sites for hydroxylation is 2. The molecule has 3 aromatic rings. The third kappa shape index (κ3) is 7.25. The minimum Gasteiger partial charge on any atom is -0.508 e. The van der Waals surface area contributed by atoms with Gasteiger partial charge in [-0.3, -0.25) is 0 Å². The summed E-state index contributed by atoms with van der Waals surface area (Å²) in [6, 6.07) is 25.5. The first-order chi connectivity index (χ1) is 17.6. The van der Waals surface area contributed by atoms with E-state index in [-0.39, 0.29) is 24.0 Å². The van der Waals surface area contributed by atoms with Crippen molar-refractivity contribution in [2.75, 3.05) is 19.8 Å². The molecule has 1 saturated heterocycles. The van der Waals surface area contributed by atoms with Crippen LogP contribution < -0.4 is 4.74 Å². The van der Waals surface area contributed by atoms with Crippen molar-refractivity contribution in [2.24, 2.45) is 0 Å². The maximum atomic E-state index is 12.6. The molecule has 1 heterocycles. The van der Waals surface area contributed by atoms with E-state index in [1.54, 1.807) is 17.0 Å². The normalized spacial score (nSPS) is 17.2. The van der Waals surface area contributed by atoms with Crippen LogP contribution in [0.25, 0.3) is 0 Å². The summed E-state index contributed by atoms with van der Waals surface area (Å²) in [7, 11) is 0. The standard InChI is InChI=1S/C30H35NO5/c1-2-34-30(33)31-21-28(36-22-24-9-4-3-5-10-24)20-26(31)17-18-35-29-14-7-6-12-25(29)16-15-23-11-8-13-27(32)19-23/h3-14,19,26,28,32H,2,15-18,20-22H2,1H3/t26-,28-/m1/s1. The Labute approximate surface area is 213 Å². The fourth-order valence-electron chi connectivity index (χ4n) is 4.63. The van der Waals surface area contributed by atoms with E-state index in [0.717, 1.165) is 41.7 Å². The predicted molar refractivity (Wildman–Crippen MR) is 139 cm³/mol. The van der Waals surface area contributed by atoms with Crippen LogP contribution in [0.5, 0.6) is 11.5 Å². The summed E-state index contributed by atoms with van der Waals surface area (Å²) < 4.78 is 17.6. The zero-order valence-electron chi connectivity index (χ0n) is 20.8. The lowest BCUT2D eigenvalue weighted by molar-refractivity contribution is 0.0442. The Kier molecular flexibility index (Phi) is 9.22. The number of carbonyl (C=O) groups excluding carboxylic acids is 1. The first-order valence-electron chi connectivity index (χ1n) is 12.7. The minimum absolute atomic E-state index is 0.00396. The van der Waals surface area contributed by atoms with Crippen LogP contribution in [-0.2, 0) is 28.9 Å². The molecular formula is C30H35NO5. The Bertz CT molecular complexity index is 1100. The second kappa shape index (κ2) is 13.0. The lowest BCUT2D eigenvalue weighted by Gasteiger charge is -2.23. The van der Waals surface area contributed by atoms with Crippen LogP contribution in [0.2, 0.25) is 0 Å². The maximum absolute atomic E-state index is 12.6. The summed E-state index contributed by atoms with van der Waals surface area (Å²) in [4.78, 5) is 14.4. The van der Waals surface area contributed by atoms with Crippen molar-refractivity contribution in [3.8, 4) is 11.5 Å². The zero-order chi connectivity index (χ0) is 25.2. The summed E-state index contributed by atoms with van der Waals surface area (Å²) >= 11 is 0. The molecule has 1 aliphatic heterocycles. The molecule has 4 rings (SSSR count). The molecule has 0 radical (unpaired) electrons. The molecule has 0 aliphatic carbocycles. The van der Waals surface area contributed by atoms with Crippen LogP contribution >= 0.6 is 0 Å². The monoisotopic (exact) mass is 489 g/mol. The smallest absolute Gasteiger partial charge is 0.410 e. The van der Waals surface area contributed by atoms with Gasteiger partial charge in [-0.1, -0.05) is 60.7 Å². The molecule has 0 saturated carbocycles. The van der Waals surface area contributed by atoms with Gasteiger partial charge in [-0.05, 0) is 61.1 Å². The highest BCUT2D eigenvalue weighted by molar-refractivity contribution is 5.68. The number of benzene rings is 3. The first kappa shape index (κ1) is 25.6. The van der Waals surface area contributed by atoms with Gasteiger partial charge in [0.25, 0.3) is 0 Å². The minimum atomic E-state index is -0.292. The number of phenolic OH excluding ortho intramolecular Hbond substituents is 1. The van der Waals surface area contributed by atoms with E-state index in [1.165, 1.54) is 0 Å². The number of aromatic hydroxyl groups is 1. The molecule has 1 aliphatic rings. The number of rotatable bonds is 11. The van der Waals surface area contributed by atoms with Crippen LogP contribution in [0.3, 0.4) is 0 Å². The molecular weight excluding hydrogens is 454 g/mol. The summed E-state index contributed by atoms with van der Waals surface area (Å²) in [6.07, 6.45) is 2.76. The Hall–Kier alpha value is -3.51. The van der Waals surface area contributed by atoms with E-state index in [0.29, 0.717) is 32.8 Å². The Morgan fingerprint density at radius 3 is 2.56 bits per heavy atom. The van der Waals surface area contributed by atoms with E-state index in [9.17, 15) is 9.90 Å². The second-order valence-electron chi connectivity index (χ2n) is 9.07. The quantitative estimate of drug-likeness (QED) is 0.371. The number of phenols is 1. The Balaban J connectivity index is 1.32. The lowest BCUT2D eigenvalue weighted by Crippen LogP contribution is -2.37. The van der Waals surface area contributed by atoms with Gasteiger partial charge in [0.05, 0.1) is 32.5 Å². The van der Waals surface area contributed by atoms with Gasteiger partial charge in [-0.2, -0.15) is 0 Å². The number of amides is 1. The summed E-state index contributed by atoms with van der Waals surface area (Å²) in [6.45, 7) is 3.72. The zero-order valence-corrected chi connectivity index (χ0v) is 20.8. The average molecular weight is 490 g/mol. The van der Waals surface area contributed by atoms with Crippen molar-refractivity contribution >= 4 is 6.09 Å². The molecule has 0 spiro atoms. The lowest BCUT2D eigenvalue weighted by atomic mass is 10.0.